The first-order valence-electron chi connectivity index (χ1n) is 21.0. The van der Waals surface area contributed by atoms with Gasteiger partial charge < -0.3 is 9.47 Å². The van der Waals surface area contributed by atoms with Crippen LogP contribution in [0.15, 0.2) is 182 Å². The molecule has 4 fully saturated rings. The van der Waals surface area contributed by atoms with Gasteiger partial charge in [-0.1, -0.05) is 133 Å². The molecule has 14 rings (SSSR count). The number of benzene rings is 8. The first-order chi connectivity index (χ1) is 28.3. The van der Waals surface area contributed by atoms with Gasteiger partial charge in [0.2, 0.25) is 0 Å². The molecule has 4 saturated carbocycles. The van der Waals surface area contributed by atoms with Crippen LogP contribution in [0.4, 0.5) is 17.1 Å². The van der Waals surface area contributed by atoms with Crippen LogP contribution in [0.2, 0.25) is 0 Å². The largest absolute Gasteiger partial charge is 0.310 e. The van der Waals surface area contributed by atoms with Crippen LogP contribution in [-0.2, 0) is 5.41 Å². The number of nitrogens with zero attached hydrogens (tertiary/aromatic N) is 2. The van der Waals surface area contributed by atoms with Crippen molar-refractivity contribution in [2.75, 3.05) is 4.90 Å². The third kappa shape index (κ3) is 4.31. The molecule has 0 aliphatic heterocycles. The summed E-state index contributed by atoms with van der Waals surface area (Å²) < 4.78 is 2.62. The molecule has 1 spiro atoms. The molecule has 5 unspecified atom stereocenters. The van der Waals surface area contributed by atoms with Gasteiger partial charge >= 0.3 is 0 Å². The van der Waals surface area contributed by atoms with E-state index < -0.39 is 0 Å². The van der Waals surface area contributed by atoms with Gasteiger partial charge in [0.1, 0.15) is 0 Å². The van der Waals surface area contributed by atoms with Crippen LogP contribution in [0.5, 0.6) is 0 Å². The molecule has 0 amide bonds. The predicted octanol–water partition coefficient (Wildman–Crippen LogP) is 14.4. The summed E-state index contributed by atoms with van der Waals surface area (Å²) in [5, 5.41) is 5.18. The van der Waals surface area contributed by atoms with Gasteiger partial charge in [-0.05, 0) is 142 Å². The van der Waals surface area contributed by atoms with E-state index in [1.54, 1.807) is 11.1 Å². The maximum atomic E-state index is 2.62. The zero-order valence-electron chi connectivity index (χ0n) is 31.9. The lowest BCUT2D eigenvalue weighted by Crippen LogP contribution is -2.42. The standard InChI is InChI=1S/C55H42N2/c1-2-12-36(13-3-1)38-24-27-42(28-25-38)56(43-29-26-37-14-4-5-15-39(37)34-43)51-22-10-18-46-47-19-11-23-52(57-49-20-8-6-16-44(49)45-17-7-9-21-50(45)57)54(47)55(53(46)51)41-31-35-30-40(33-41)48(55)32-35/h1-29,34-35,40-41,48H,30-33H2. The van der Waals surface area contributed by atoms with E-state index in [-0.39, 0.29) is 5.41 Å². The van der Waals surface area contributed by atoms with E-state index in [9.17, 15) is 0 Å². The smallest absolute Gasteiger partial charge is 0.0541 e. The fourth-order valence-electron chi connectivity index (χ4n) is 12.8. The van der Waals surface area contributed by atoms with Crippen molar-refractivity contribution >= 4 is 49.6 Å². The molecule has 272 valence electrons. The maximum absolute atomic E-state index is 2.62. The van der Waals surface area contributed by atoms with Gasteiger partial charge in [-0.2, -0.15) is 0 Å². The molecule has 0 N–H and O–H groups in total. The van der Waals surface area contributed by atoms with Crippen molar-refractivity contribution in [1.29, 1.82) is 0 Å². The molecule has 9 aromatic rings. The minimum Gasteiger partial charge on any atom is -0.310 e. The Morgan fingerprint density at radius 2 is 1.12 bits per heavy atom. The number of hydrogen-bond acceptors (Lipinski definition) is 1. The zero-order valence-corrected chi connectivity index (χ0v) is 31.9. The van der Waals surface area contributed by atoms with E-state index in [0.717, 1.165) is 11.8 Å². The molecule has 1 aromatic heterocycles. The predicted molar refractivity (Wildman–Crippen MR) is 237 cm³/mol. The quantitative estimate of drug-likeness (QED) is 0.171. The monoisotopic (exact) mass is 730 g/mol. The fourth-order valence-corrected chi connectivity index (χ4v) is 12.8. The number of para-hydroxylation sites is 2. The van der Waals surface area contributed by atoms with Gasteiger partial charge in [-0.25, -0.2) is 0 Å². The van der Waals surface area contributed by atoms with Crippen LogP contribution in [-0.4, -0.2) is 4.57 Å². The van der Waals surface area contributed by atoms with Crippen molar-refractivity contribution in [2.45, 2.75) is 31.1 Å². The Kier molecular flexibility index (Phi) is 6.59. The average molecular weight is 731 g/mol. The van der Waals surface area contributed by atoms with Gasteiger partial charge in [0.15, 0.2) is 0 Å². The summed E-state index contributed by atoms with van der Waals surface area (Å²) in [6.45, 7) is 0. The average Bonchev–Trinajstić information content (AvgIpc) is 3.94. The second-order valence-electron chi connectivity index (χ2n) is 17.3. The highest BCUT2D eigenvalue weighted by Crippen LogP contribution is 2.75. The summed E-state index contributed by atoms with van der Waals surface area (Å²) >= 11 is 0. The number of aromatic nitrogens is 1. The van der Waals surface area contributed by atoms with Crippen LogP contribution in [0.1, 0.15) is 36.8 Å². The summed E-state index contributed by atoms with van der Waals surface area (Å²) in [5.74, 6) is 2.85. The second-order valence-corrected chi connectivity index (χ2v) is 17.3. The molecule has 4 bridgehead atoms. The van der Waals surface area contributed by atoms with Gasteiger partial charge in [0, 0.05) is 27.6 Å². The first-order valence-corrected chi connectivity index (χ1v) is 21.0. The summed E-state index contributed by atoms with van der Waals surface area (Å²) in [7, 11) is 0. The topological polar surface area (TPSA) is 8.17 Å². The van der Waals surface area contributed by atoms with Crippen molar-refractivity contribution in [2.24, 2.45) is 23.7 Å². The molecule has 2 nitrogen and oxygen atoms in total. The van der Waals surface area contributed by atoms with Crippen LogP contribution in [0.25, 0.3) is 60.5 Å². The molecule has 0 saturated heterocycles. The lowest BCUT2D eigenvalue weighted by Gasteiger charge is -2.46. The van der Waals surface area contributed by atoms with Crippen LogP contribution in [0, 0.1) is 23.7 Å². The summed E-state index contributed by atoms with van der Waals surface area (Å²) in [5.41, 5.74) is 16.1. The molecular weight excluding hydrogens is 689 g/mol. The van der Waals surface area contributed by atoms with Crippen molar-refractivity contribution < 1.29 is 0 Å². The van der Waals surface area contributed by atoms with Crippen molar-refractivity contribution in [3.63, 3.8) is 0 Å². The summed E-state index contributed by atoms with van der Waals surface area (Å²) in [4.78, 5) is 2.60. The highest BCUT2D eigenvalue weighted by atomic mass is 15.1. The molecule has 1 heterocycles. The van der Waals surface area contributed by atoms with Crippen LogP contribution >= 0.6 is 0 Å². The normalized spacial score (nSPS) is 22.5. The Balaban J connectivity index is 1.10. The lowest BCUT2D eigenvalue weighted by molar-refractivity contribution is 0.191. The lowest BCUT2D eigenvalue weighted by atomic mass is 9.58. The minimum atomic E-state index is -0.0823. The zero-order chi connectivity index (χ0) is 37.2. The van der Waals surface area contributed by atoms with Gasteiger partial charge in [-0.3, -0.25) is 0 Å². The third-order valence-electron chi connectivity index (χ3n) is 14.7. The molecular formula is C55H42N2. The van der Waals surface area contributed by atoms with E-state index in [4.69, 9.17) is 0 Å². The Labute approximate surface area is 333 Å². The number of fused-ring (bicyclic) bond motifs is 7. The number of anilines is 3. The van der Waals surface area contributed by atoms with Crippen LogP contribution in [0.3, 0.4) is 0 Å². The molecule has 0 radical (unpaired) electrons. The molecule has 8 aromatic carbocycles. The van der Waals surface area contributed by atoms with Crippen molar-refractivity contribution in [1.82, 2.24) is 4.57 Å². The Bertz CT molecular complexity index is 3010. The first kappa shape index (κ1) is 31.8. The third-order valence-corrected chi connectivity index (χ3v) is 14.7. The number of hydrogen-bond donors (Lipinski definition) is 0. The van der Waals surface area contributed by atoms with E-state index in [0.29, 0.717) is 11.8 Å². The summed E-state index contributed by atoms with van der Waals surface area (Å²) in [6.07, 6.45) is 5.38. The highest BCUT2D eigenvalue weighted by Gasteiger charge is 2.67. The Morgan fingerprint density at radius 3 is 1.89 bits per heavy atom. The second kappa shape index (κ2) is 11.8. The number of rotatable bonds is 5. The maximum Gasteiger partial charge on any atom is 0.0541 e. The van der Waals surface area contributed by atoms with E-state index >= 15 is 0 Å². The molecule has 5 aliphatic rings. The minimum absolute atomic E-state index is 0.0823. The Hall–Kier alpha value is -6.38. The van der Waals surface area contributed by atoms with Gasteiger partial charge in [0.05, 0.1) is 22.4 Å². The Morgan fingerprint density at radius 1 is 0.474 bits per heavy atom. The van der Waals surface area contributed by atoms with Crippen molar-refractivity contribution in [3.8, 4) is 27.9 Å². The fraction of sp³-hybridized carbons (Fsp3) is 0.164. The molecule has 2 heteroatoms. The van der Waals surface area contributed by atoms with Gasteiger partial charge in [-0.15, -0.1) is 0 Å². The van der Waals surface area contributed by atoms with Crippen LogP contribution < -0.4 is 4.90 Å². The highest BCUT2D eigenvalue weighted by molar-refractivity contribution is 6.10. The van der Waals surface area contributed by atoms with E-state index in [1.807, 2.05) is 0 Å². The molecule has 57 heavy (non-hydrogen) atoms. The molecule has 5 aliphatic carbocycles. The van der Waals surface area contributed by atoms with E-state index in [1.165, 1.54) is 103 Å². The van der Waals surface area contributed by atoms with Gasteiger partial charge in [0.25, 0.3) is 0 Å². The molecule has 5 atom stereocenters. The van der Waals surface area contributed by atoms with Crippen molar-refractivity contribution in [3.05, 3.63) is 193 Å². The van der Waals surface area contributed by atoms with E-state index in [2.05, 4.69) is 191 Å². The SMILES string of the molecule is c1ccc(-c2ccc(N(c3ccc4ccccc4c3)c3cccc4c3C3(c5c-4cccc5-n4c5ccccc5c5ccccc54)C4CC5CC(C4)C3C5)cc2)cc1. The summed E-state index contributed by atoms with van der Waals surface area (Å²) in [6, 6.07) is 68.5.